The Morgan fingerprint density at radius 3 is 2.23 bits per heavy atom. The highest BCUT2D eigenvalue weighted by atomic mass is 16.1. The van der Waals surface area contributed by atoms with Crippen molar-refractivity contribution in [1.29, 1.82) is 0 Å². The molecule has 1 amide bonds. The van der Waals surface area contributed by atoms with Gasteiger partial charge < -0.3 is 10.6 Å². The van der Waals surface area contributed by atoms with E-state index in [-0.39, 0.29) is 11.9 Å². The maximum Gasteiger partial charge on any atom is 0.235 e. The van der Waals surface area contributed by atoms with Crippen LogP contribution in [0.2, 0.25) is 0 Å². The van der Waals surface area contributed by atoms with Crippen LogP contribution in [0.5, 0.6) is 0 Å². The average molecular weight is 305 g/mol. The van der Waals surface area contributed by atoms with Crippen LogP contribution >= 0.6 is 0 Å². The molecule has 0 spiro atoms. The zero-order valence-electron chi connectivity index (χ0n) is 14.5. The van der Waals surface area contributed by atoms with Crippen LogP contribution < -0.4 is 5.73 Å². The number of hydrogen-bond acceptors (Lipinski definition) is 3. The highest BCUT2D eigenvalue weighted by Gasteiger charge is 2.24. The van der Waals surface area contributed by atoms with E-state index in [9.17, 15) is 4.79 Å². The number of nitrogens with zero attached hydrogens (tertiary/aromatic N) is 2. The van der Waals surface area contributed by atoms with Gasteiger partial charge in [0.05, 0.1) is 6.04 Å². The predicted octanol–water partition coefficient (Wildman–Crippen LogP) is 1.99. The molecule has 1 atom stereocenters. The molecule has 1 aromatic rings. The second-order valence-corrected chi connectivity index (χ2v) is 6.63. The van der Waals surface area contributed by atoms with Crippen molar-refractivity contribution in [2.45, 2.75) is 32.7 Å². The van der Waals surface area contributed by atoms with Gasteiger partial charge in [0, 0.05) is 13.1 Å². The van der Waals surface area contributed by atoms with E-state index in [1.165, 1.54) is 0 Å². The summed E-state index contributed by atoms with van der Waals surface area (Å²) in [5.41, 5.74) is 6.86. The lowest BCUT2D eigenvalue weighted by molar-refractivity contribution is -0.123. The fraction of sp³-hybridized carbons (Fsp3) is 0.611. The monoisotopic (exact) mass is 305 g/mol. The quantitative estimate of drug-likeness (QED) is 0.719. The van der Waals surface area contributed by atoms with E-state index >= 15 is 0 Å². The Bertz CT molecular complexity index is 419. The van der Waals surface area contributed by atoms with E-state index in [0.717, 1.165) is 31.6 Å². The SMILES string of the molecule is CC(C)CCN(CCN(C)C)[C@@H](Cc1ccccc1)C(N)=O. The van der Waals surface area contributed by atoms with Crippen molar-refractivity contribution in [3.8, 4) is 0 Å². The van der Waals surface area contributed by atoms with Crippen LogP contribution in [-0.4, -0.2) is 55.5 Å². The summed E-state index contributed by atoms with van der Waals surface area (Å²) >= 11 is 0. The number of hydrogen-bond donors (Lipinski definition) is 1. The molecule has 0 aliphatic rings. The standard InChI is InChI=1S/C18H31N3O/c1-15(2)10-11-21(13-12-20(3)4)17(18(19)22)14-16-8-6-5-7-9-16/h5-9,15,17H,10-14H2,1-4H3,(H2,19,22)/t17-/m0/s1. The lowest BCUT2D eigenvalue weighted by atomic mass is 10.0. The highest BCUT2D eigenvalue weighted by Crippen LogP contribution is 2.12. The largest absolute Gasteiger partial charge is 0.368 e. The normalized spacial score (nSPS) is 13.0. The third-order valence-electron chi connectivity index (χ3n) is 3.87. The van der Waals surface area contributed by atoms with Crippen molar-refractivity contribution in [2.75, 3.05) is 33.7 Å². The van der Waals surface area contributed by atoms with Crippen molar-refractivity contribution >= 4 is 5.91 Å². The van der Waals surface area contributed by atoms with Crippen molar-refractivity contribution < 1.29 is 4.79 Å². The molecular formula is C18H31N3O. The predicted molar refractivity (Wildman–Crippen MR) is 92.7 cm³/mol. The van der Waals surface area contributed by atoms with Crippen LogP contribution in [0.3, 0.4) is 0 Å². The lowest BCUT2D eigenvalue weighted by Gasteiger charge is -2.31. The average Bonchev–Trinajstić information content (AvgIpc) is 2.46. The van der Waals surface area contributed by atoms with E-state index in [2.05, 4.69) is 49.9 Å². The summed E-state index contributed by atoms with van der Waals surface area (Å²) in [5.74, 6) is 0.387. The molecule has 0 aromatic heterocycles. The summed E-state index contributed by atoms with van der Waals surface area (Å²) in [7, 11) is 4.11. The van der Waals surface area contributed by atoms with Crippen LogP contribution in [0, 0.1) is 5.92 Å². The molecule has 0 aliphatic heterocycles. The fourth-order valence-electron chi connectivity index (χ4n) is 2.42. The maximum atomic E-state index is 12.0. The minimum Gasteiger partial charge on any atom is -0.368 e. The number of benzene rings is 1. The third kappa shape index (κ3) is 7.05. The zero-order chi connectivity index (χ0) is 16.5. The number of nitrogens with two attached hydrogens (primary N) is 1. The third-order valence-corrected chi connectivity index (χ3v) is 3.87. The number of carbonyl (C=O) groups is 1. The molecule has 0 unspecified atom stereocenters. The summed E-state index contributed by atoms with van der Waals surface area (Å²) in [5, 5.41) is 0. The molecule has 0 bridgehead atoms. The van der Waals surface area contributed by atoms with Gasteiger partial charge in [0.25, 0.3) is 0 Å². The summed E-state index contributed by atoms with van der Waals surface area (Å²) in [6.45, 7) is 7.12. The van der Waals surface area contributed by atoms with Crippen LogP contribution in [0.1, 0.15) is 25.8 Å². The summed E-state index contributed by atoms with van der Waals surface area (Å²) < 4.78 is 0. The Hall–Kier alpha value is -1.39. The van der Waals surface area contributed by atoms with E-state index in [1.54, 1.807) is 0 Å². The molecule has 124 valence electrons. The molecule has 4 nitrogen and oxygen atoms in total. The smallest absolute Gasteiger partial charge is 0.235 e. The van der Waals surface area contributed by atoms with E-state index in [4.69, 9.17) is 5.73 Å². The lowest BCUT2D eigenvalue weighted by Crippen LogP contribution is -2.49. The maximum absolute atomic E-state index is 12.0. The molecule has 1 aromatic carbocycles. The Kier molecular flexibility index (Phi) is 8.13. The number of rotatable bonds is 10. The molecular weight excluding hydrogens is 274 g/mol. The molecule has 22 heavy (non-hydrogen) atoms. The van der Waals surface area contributed by atoms with Gasteiger partial charge in [-0.1, -0.05) is 44.2 Å². The topological polar surface area (TPSA) is 49.6 Å². The number of likely N-dealkylation sites (N-methyl/N-ethyl adjacent to an activating group) is 1. The van der Waals surface area contributed by atoms with Gasteiger partial charge in [-0.3, -0.25) is 9.69 Å². The molecule has 2 N–H and O–H groups in total. The fourth-order valence-corrected chi connectivity index (χ4v) is 2.42. The minimum absolute atomic E-state index is 0.230. The van der Waals surface area contributed by atoms with Gasteiger partial charge in [-0.15, -0.1) is 0 Å². The van der Waals surface area contributed by atoms with Crippen molar-refractivity contribution in [3.05, 3.63) is 35.9 Å². The first-order chi connectivity index (χ1) is 10.4. The second kappa shape index (κ2) is 9.59. The van der Waals surface area contributed by atoms with E-state index < -0.39 is 0 Å². The van der Waals surface area contributed by atoms with Crippen LogP contribution in [0.25, 0.3) is 0 Å². The number of carbonyl (C=O) groups excluding carboxylic acids is 1. The molecule has 0 aliphatic carbocycles. The van der Waals surface area contributed by atoms with E-state index in [0.29, 0.717) is 12.3 Å². The summed E-state index contributed by atoms with van der Waals surface area (Å²) in [6.07, 6.45) is 1.76. The molecule has 0 radical (unpaired) electrons. The van der Waals surface area contributed by atoms with Gasteiger partial charge in [0.15, 0.2) is 0 Å². The Balaban J connectivity index is 2.80. The van der Waals surface area contributed by atoms with Crippen LogP contribution in [0.4, 0.5) is 0 Å². The summed E-state index contributed by atoms with van der Waals surface area (Å²) in [4.78, 5) is 16.4. The Morgan fingerprint density at radius 2 is 1.73 bits per heavy atom. The van der Waals surface area contributed by atoms with Gasteiger partial charge >= 0.3 is 0 Å². The zero-order valence-corrected chi connectivity index (χ0v) is 14.5. The molecule has 0 saturated carbocycles. The van der Waals surface area contributed by atoms with Gasteiger partial charge in [-0.2, -0.15) is 0 Å². The van der Waals surface area contributed by atoms with E-state index in [1.807, 2.05) is 18.2 Å². The van der Waals surface area contributed by atoms with Crippen molar-refractivity contribution in [3.63, 3.8) is 0 Å². The van der Waals surface area contributed by atoms with Gasteiger partial charge in [-0.25, -0.2) is 0 Å². The minimum atomic E-state index is -0.235. The first-order valence-corrected chi connectivity index (χ1v) is 8.12. The van der Waals surface area contributed by atoms with Gasteiger partial charge in [0.1, 0.15) is 0 Å². The first-order valence-electron chi connectivity index (χ1n) is 8.12. The molecule has 0 heterocycles. The molecule has 1 rings (SSSR count). The van der Waals surface area contributed by atoms with Gasteiger partial charge in [0.2, 0.25) is 5.91 Å². The summed E-state index contributed by atoms with van der Waals surface area (Å²) in [6, 6.07) is 9.88. The Morgan fingerprint density at radius 1 is 1.09 bits per heavy atom. The Labute approximate surface area is 135 Å². The van der Waals surface area contributed by atoms with Crippen LogP contribution in [0.15, 0.2) is 30.3 Å². The van der Waals surface area contributed by atoms with Gasteiger partial charge in [-0.05, 0) is 45.0 Å². The van der Waals surface area contributed by atoms with Crippen molar-refractivity contribution in [2.24, 2.45) is 11.7 Å². The van der Waals surface area contributed by atoms with Crippen LogP contribution in [-0.2, 0) is 11.2 Å². The first kappa shape index (κ1) is 18.7. The molecule has 0 saturated heterocycles. The van der Waals surface area contributed by atoms with Crippen molar-refractivity contribution in [1.82, 2.24) is 9.80 Å². The second-order valence-electron chi connectivity index (χ2n) is 6.63. The molecule has 0 fully saturated rings. The number of amides is 1. The highest BCUT2D eigenvalue weighted by molar-refractivity contribution is 5.80. The molecule has 4 heteroatoms. The number of primary amides is 1.